The van der Waals surface area contributed by atoms with E-state index in [-0.39, 0.29) is 6.04 Å². The molecule has 18 heavy (non-hydrogen) atoms. The Balaban J connectivity index is 2.11. The molecule has 1 aliphatic rings. The monoisotopic (exact) mass is 269 g/mol. The van der Waals surface area contributed by atoms with E-state index in [0.717, 1.165) is 18.8 Å². The second kappa shape index (κ2) is 6.52. The van der Waals surface area contributed by atoms with Crippen LogP contribution in [0.1, 0.15) is 57.4 Å². The molecule has 0 amide bonds. The summed E-state index contributed by atoms with van der Waals surface area (Å²) in [6.45, 7) is 5.31. The molecule has 0 saturated heterocycles. The molecule has 1 heterocycles. The fraction of sp³-hybridized carbons (Fsp3) is 0.917. The lowest BCUT2D eigenvalue weighted by atomic mass is 10.2. The maximum atomic E-state index is 4.23. The summed E-state index contributed by atoms with van der Waals surface area (Å²) >= 11 is 1.94. The molecule has 1 aromatic heterocycles. The van der Waals surface area contributed by atoms with Crippen LogP contribution in [0.4, 0.5) is 0 Å². The molecule has 0 aromatic carbocycles. The second-order valence-electron chi connectivity index (χ2n) is 4.93. The van der Waals surface area contributed by atoms with Gasteiger partial charge in [0, 0.05) is 5.25 Å². The van der Waals surface area contributed by atoms with Crippen LogP contribution in [0.3, 0.4) is 0 Å². The average Bonchev–Trinajstić information content (AvgIpc) is 3.02. The van der Waals surface area contributed by atoms with Gasteiger partial charge in [0.25, 0.3) is 0 Å². The highest BCUT2D eigenvalue weighted by Crippen LogP contribution is 2.37. The van der Waals surface area contributed by atoms with Gasteiger partial charge in [-0.05, 0) is 49.4 Å². The van der Waals surface area contributed by atoms with E-state index in [1.165, 1.54) is 19.3 Å². The third kappa shape index (κ3) is 2.85. The minimum Gasteiger partial charge on any atom is -0.307 e. The van der Waals surface area contributed by atoms with Crippen LogP contribution in [-0.4, -0.2) is 38.3 Å². The molecule has 102 valence electrons. The smallest absolute Gasteiger partial charge is 0.168 e. The van der Waals surface area contributed by atoms with Crippen LogP contribution in [-0.2, 0) is 0 Å². The maximum Gasteiger partial charge on any atom is 0.168 e. The molecule has 2 rings (SSSR count). The third-order valence-electron chi connectivity index (χ3n) is 3.64. The highest BCUT2D eigenvalue weighted by molar-refractivity contribution is 7.99. The average molecular weight is 269 g/mol. The van der Waals surface area contributed by atoms with Crippen LogP contribution >= 0.6 is 11.8 Å². The Morgan fingerprint density at radius 3 is 3.06 bits per heavy atom. The lowest BCUT2D eigenvalue weighted by Crippen LogP contribution is -2.26. The van der Waals surface area contributed by atoms with Crippen LogP contribution in [0, 0.1) is 0 Å². The summed E-state index contributed by atoms with van der Waals surface area (Å²) < 4.78 is 2.06. The predicted octanol–water partition coefficient (Wildman–Crippen LogP) is 2.19. The van der Waals surface area contributed by atoms with Gasteiger partial charge in [-0.1, -0.05) is 13.3 Å². The van der Waals surface area contributed by atoms with E-state index < -0.39 is 0 Å². The first-order valence-electron chi connectivity index (χ1n) is 6.81. The van der Waals surface area contributed by atoms with Gasteiger partial charge in [-0.3, -0.25) is 0 Å². The first-order valence-corrected chi connectivity index (χ1v) is 8.10. The lowest BCUT2D eigenvalue weighted by Gasteiger charge is -2.21. The minimum atomic E-state index is 0.225. The van der Waals surface area contributed by atoms with E-state index >= 15 is 0 Å². The number of nitrogens with one attached hydrogen (secondary N) is 1. The van der Waals surface area contributed by atoms with Crippen LogP contribution in [0.2, 0.25) is 0 Å². The van der Waals surface area contributed by atoms with E-state index in [1.807, 2.05) is 11.8 Å². The van der Waals surface area contributed by atoms with Crippen molar-refractivity contribution in [3.8, 4) is 0 Å². The van der Waals surface area contributed by atoms with Crippen molar-refractivity contribution in [2.75, 3.05) is 12.8 Å². The van der Waals surface area contributed by atoms with Crippen molar-refractivity contribution in [2.45, 2.75) is 56.9 Å². The lowest BCUT2D eigenvalue weighted by molar-refractivity contribution is 0.416. The summed E-state index contributed by atoms with van der Waals surface area (Å²) in [5, 5.41) is 16.4. The number of hydrogen-bond donors (Lipinski definition) is 1. The van der Waals surface area contributed by atoms with Crippen molar-refractivity contribution >= 4 is 11.8 Å². The van der Waals surface area contributed by atoms with Gasteiger partial charge in [-0.25, -0.2) is 4.68 Å². The molecule has 0 spiro atoms. The number of thioether (sulfide) groups is 1. The van der Waals surface area contributed by atoms with E-state index in [0.29, 0.717) is 11.3 Å². The Labute approximate surface area is 113 Å². The number of rotatable bonds is 6. The van der Waals surface area contributed by atoms with E-state index in [4.69, 9.17) is 0 Å². The molecule has 3 unspecified atom stereocenters. The summed E-state index contributed by atoms with van der Waals surface area (Å²) in [7, 11) is 0. The zero-order valence-electron chi connectivity index (χ0n) is 11.5. The molecular weight excluding hydrogens is 246 g/mol. The maximum absolute atomic E-state index is 4.23. The molecular formula is C12H23N5S. The Hall–Kier alpha value is -0.620. The summed E-state index contributed by atoms with van der Waals surface area (Å²) in [6, 6.07) is 0.693. The van der Waals surface area contributed by atoms with Crippen LogP contribution in [0.15, 0.2) is 0 Å². The molecule has 0 bridgehead atoms. The highest BCUT2D eigenvalue weighted by Gasteiger charge is 2.31. The van der Waals surface area contributed by atoms with Gasteiger partial charge < -0.3 is 5.32 Å². The van der Waals surface area contributed by atoms with Crippen molar-refractivity contribution in [2.24, 2.45) is 0 Å². The molecule has 1 fully saturated rings. The Morgan fingerprint density at radius 2 is 2.33 bits per heavy atom. The molecule has 1 N–H and O–H groups in total. The van der Waals surface area contributed by atoms with Gasteiger partial charge in [0.05, 0.1) is 12.1 Å². The van der Waals surface area contributed by atoms with Crippen molar-refractivity contribution in [1.82, 2.24) is 25.5 Å². The zero-order chi connectivity index (χ0) is 13.0. The largest absolute Gasteiger partial charge is 0.307 e. The minimum absolute atomic E-state index is 0.225. The van der Waals surface area contributed by atoms with Crippen LogP contribution in [0.25, 0.3) is 0 Å². The van der Waals surface area contributed by atoms with Gasteiger partial charge in [0.15, 0.2) is 5.82 Å². The summed E-state index contributed by atoms with van der Waals surface area (Å²) in [5.41, 5.74) is 0. The summed E-state index contributed by atoms with van der Waals surface area (Å²) in [4.78, 5) is 0. The standard InChI is InChI=1S/C12H23N5S/c1-4-8-13-9(2)12-14-15-16-17(12)10-6-5-7-11(10)18-3/h9-11,13H,4-8H2,1-3H3. The topological polar surface area (TPSA) is 55.6 Å². The molecule has 3 atom stereocenters. The van der Waals surface area contributed by atoms with Crippen molar-refractivity contribution in [1.29, 1.82) is 0 Å². The first kappa shape index (κ1) is 13.8. The second-order valence-corrected chi connectivity index (χ2v) is 6.01. The predicted molar refractivity (Wildman–Crippen MR) is 74.7 cm³/mol. The highest BCUT2D eigenvalue weighted by atomic mass is 32.2. The Morgan fingerprint density at radius 1 is 1.50 bits per heavy atom. The van der Waals surface area contributed by atoms with Gasteiger partial charge >= 0.3 is 0 Å². The third-order valence-corrected chi connectivity index (χ3v) is 4.80. The summed E-state index contributed by atoms with van der Waals surface area (Å²) in [6.07, 6.45) is 7.08. The number of aromatic nitrogens is 4. The van der Waals surface area contributed by atoms with Gasteiger partial charge in [-0.15, -0.1) is 5.10 Å². The van der Waals surface area contributed by atoms with Crippen molar-refractivity contribution in [3.63, 3.8) is 0 Å². The number of nitrogens with zero attached hydrogens (tertiary/aromatic N) is 4. The molecule has 1 aliphatic carbocycles. The fourth-order valence-corrected chi connectivity index (χ4v) is 3.60. The zero-order valence-corrected chi connectivity index (χ0v) is 12.3. The number of tetrazole rings is 1. The van der Waals surface area contributed by atoms with E-state index in [1.54, 1.807) is 0 Å². The van der Waals surface area contributed by atoms with Crippen LogP contribution < -0.4 is 5.32 Å². The van der Waals surface area contributed by atoms with Gasteiger partial charge in [0.1, 0.15) is 0 Å². The molecule has 6 heteroatoms. The molecule has 0 aliphatic heterocycles. The Bertz CT molecular complexity index is 367. The molecule has 5 nitrogen and oxygen atoms in total. The molecule has 1 saturated carbocycles. The van der Waals surface area contributed by atoms with E-state index in [2.05, 4.69) is 45.6 Å². The SMILES string of the molecule is CCCNC(C)c1nnnn1C1CCCC1SC. The van der Waals surface area contributed by atoms with Crippen molar-refractivity contribution < 1.29 is 0 Å². The Kier molecular flexibility index (Phi) is 5.00. The fourth-order valence-electron chi connectivity index (χ4n) is 2.64. The van der Waals surface area contributed by atoms with Gasteiger partial charge in [-0.2, -0.15) is 11.8 Å². The number of hydrogen-bond acceptors (Lipinski definition) is 5. The molecule has 1 aromatic rings. The quantitative estimate of drug-likeness (QED) is 0.858. The molecule has 0 radical (unpaired) electrons. The summed E-state index contributed by atoms with van der Waals surface area (Å²) in [5.74, 6) is 0.981. The van der Waals surface area contributed by atoms with E-state index in [9.17, 15) is 0 Å². The van der Waals surface area contributed by atoms with Gasteiger partial charge in [0.2, 0.25) is 0 Å². The van der Waals surface area contributed by atoms with Crippen molar-refractivity contribution in [3.05, 3.63) is 5.82 Å². The first-order chi connectivity index (χ1) is 8.77. The normalized spacial score (nSPS) is 25.5. The van der Waals surface area contributed by atoms with Crippen LogP contribution in [0.5, 0.6) is 0 Å².